The Hall–Kier alpha value is -1.92. The summed E-state index contributed by atoms with van der Waals surface area (Å²) in [5.74, 6) is -0.600. The summed E-state index contributed by atoms with van der Waals surface area (Å²) in [4.78, 5) is 23.7. The fourth-order valence-electron chi connectivity index (χ4n) is 5.09. The Labute approximate surface area is 247 Å². The summed E-state index contributed by atoms with van der Waals surface area (Å²) in [7, 11) is 8.26. The molecule has 0 radical (unpaired) electrons. The summed E-state index contributed by atoms with van der Waals surface area (Å²) in [5.41, 5.74) is 5.46. The number of unbranched alkanes of at least 4 members (excludes halogenated alkanes) is 13. The molecule has 1 aromatic rings. The number of quaternary nitrogens is 1. The Morgan fingerprint density at radius 2 is 1.23 bits per heavy atom. The summed E-state index contributed by atoms with van der Waals surface area (Å²) in [6.07, 6.45) is 20.6. The summed E-state index contributed by atoms with van der Waals surface area (Å²) in [6, 6.07) is 10.9. The highest BCUT2D eigenvalue weighted by Gasteiger charge is 2.37. The lowest BCUT2D eigenvalue weighted by molar-refractivity contribution is -0.903. The second-order valence-electron chi connectivity index (χ2n) is 12.5. The van der Waals surface area contributed by atoms with Gasteiger partial charge in [0.15, 0.2) is 0 Å². The second kappa shape index (κ2) is 22.7. The van der Waals surface area contributed by atoms with Crippen molar-refractivity contribution in [1.82, 2.24) is 4.90 Å². The molecular formula is C34H64N3O3+. The lowest BCUT2D eigenvalue weighted by atomic mass is 9.95. The van der Waals surface area contributed by atoms with Crippen molar-refractivity contribution < 1.29 is 18.8 Å². The van der Waals surface area contributed by atoms with Gasteiger partial charge >= 0.3 is 12.1 Å². The van der Waals surface area contributed by atoms with E-state index >= 15 is 0 Å². The number of carbonyl (C=O) groups is 2. The molecule has 1 aromatic carbocycles. The molecule has 6 heteroatoms. The number of carbonyl (C=O) groups excluding carboxylic acids is 2. The van der Waals surface area contributed by atoms with Crippen LogP contribution in [0.25, 0.3) is 0 Å². The Balaban J connectivity index is 0.000000919. The second-order valence-corrected chi connectivity index (χ2v) is 12.5. The number of primary amides is 1. The number of hydrogen-bond donors (Lipinski definition) is 1. The zero-order valence-corrected chi connectivity index (χ0v) is 27.3. The van der Waals surface area contributed by atoms with Gasteiger partial charge in [-0.1, -0.05) is 128 Å². The molecule has 1 atom stereocenters. The third kappa shape index (κ3) is 19.2. The lowest BCUT2D eigenvalue weighted by Gasteiger charge is -2.32. The molecule has 6 nitrogen and oxygen atoms in total. The number of amides is 1. The monoisotopic (exact) mass is 562 g/mol. The number of benzene rings is 1. The third-order valence-electron chi connectivity index (χ3n) is 7.93. The molecule has 1 unspecified atom stereocenters. The van der Waals surface area contributed by atoms with Crippen LogP contribution in [0.2, 0.25) is 0 Å². The molecular weight excluding hydrogens is 498 g/mol. The predicted octanol–water partition coefficient (Wildman–Crippen LogP) is 8.47. The fourth-order valence-corrected chi connectivity index (χ4v) is 5.09. The average Bonchev–Trinajstić information content (AvgIpc) is 2.89. The van der Waals surface area contributed by atoms with E-state index in [1.165, 1.54) is 102 Å². The van der Waals surface area contributed by atoms with Crippen LogP contribution in [0.3, 0.4) is 0 Å². The first-order valence-electron chi connectivity index (χ1n) is 16.0. The molecule has 0 aliphatic rings. The first-order chi connectivity index (χ1) is 19.0. The van der Waals surface area contributed by atoms with Crippen LogP contribution in [0.1, 0.15) is 129 Å². The molecule has 0 aromatic heterocycles. The van der Waals surface area contributed by atoms with Crippen molar-refractivity contribution in [3.8, 4) is 0 Å². The van der Waals surface area contributed by atoms with Crippen LogP contribution < -0.4 is 5.73 Å². The first kappa shape index (κ1) is 38.1. The van der Waals surface area contributed by atoms with Crippen LogP contribution in [-0.2, 0) is 16.1 Å². The maximum atomic E-state index is 11.5. The number of likely N-dealkylation sites (N-methyl/N-ethyl adjacent to an activating group) is 1. The van der Waals surface area contributed by atoms with Crippen molar-refractivity contribution >= 4 is 12.1 Å². The largest absolute Gasteiger partial charge is 0.412 e. The van der Waals surface area contributed by atoms with E-state index in [0.717, 1.165) is 17.4 Å². The topological polar surface area (TPSA) is 72.6 Å². The van der Waals surface area contributed by atoms with Gasteiger partial charge in [0.1, 0.15) is 12.1 Å². The van der Waals surface area contributed by atoms with Crippen LogP contribution in [0.4, 0.5) is 4.79 Å². The van der Waals surface area contributed by atoms with E-state index in [2.05, 4.69) is 56.1 Å². The van der Waals surface area contributed by atoms with Gasteiger partial charge in [-0.3, -0.25) is 4.90 Å². The fraction of sp³-hybridized carbons (Fsp3) is 0.765. The number of rotatable bonds is 21. The molecule has 0 spiro atoms. The van der Waals surface area contributed by atoms with Crippen LogP contribution in [-0.4, -0.2) is 61.7 Å². The summed E-state index contributed by atoms with van der Waals surface area (Å²) >= 11 is 0. The van der Waals surface area contributed by atoms with E-state index in [1.54, 1.807) is 25.9 Å². The quantitative estimate of drug-likeness (QED) is 0.0706. The number of ether oxygens (including phenoxy) is 1. The Morgan fingerprint density at radius 3 is 1.62 bits per heavy atom. The van der Waals surface area contributed by atoms with E-state index in [1.807, 2.05) is 6.92 Å². The highest BCUT2D eigenvalue weighted by molar-refractivity contribution is 5.89. The minimum Gasteiger partial charge on any atom is -0.375 e. The van der Waals surface area contributed by atoms with Gasteiger partial charge in [-0.05, 0) is 40.3 Å². The number of nitrogens with two attached hydrogens (primary N) is 1. The molecule has 40 heavy (non-hydrogen) atoms. The molecule has 0 saturated heterocycles. The van der Waals surface area contributed by atoms with Gasteiger partial charge < -0.3 is 15.0 Å². The summed E-state index contributed by atoms with van der Waals surface area (Å²) < 4.78 is 5.50. The van der Waals surface area contributed by atoms with Gasteiger partial charge in [-0.25, -0.2) is 9.59 Å². The molecule has 0 fully saturated rings. The normalized spacial score (nSPS) is 12.9. The molecule has 0 saturated carbocycles. The number of nitrogens with zero attached hydrogens (tertiary/aromatic N) is 2. The van der Waals surface area contributed by atoms with Crippen molar-refractivity contribution in [1.29, 1.82) is 0 Å². The smallest absolute Gasteiger partial charge is 0.375 e. The maximum absolute atomic E-state index is 11.5. The number of hydrogen-bond acceptors (Lipinski definition) is 4. The van der Waals surface area contributed by atoms with Gasteiger partial charge in [0.2, 0.25) is 0 Å². The highest BCUT2D eigenvalue weighted by Crippen LogP contribution is 2.20. The van der Waals surface area contributed by atoms with Gasteiger partial charge in [-0.2, -0.15) is 0 Å². The van der Waals surface area contributed by atoms with E-state index in [9.17, 15) is 9.59 Å². The van der Waals surface area contributed by atoms with Crippen molar-refractivity contribution in [2.45, 2.75) is 136 Å². The Kier molecular flexibility index (Phi) is 21.6. The van der Waals surface area contributed by atoms with Crippen LogP contribution in [0.15, 0.2) is 30.3 Å². The van der Waals surface area contributed by atoms with Crippen LogP contribution in [0, 0.1) is 0 Å². The SMILES string of the molecule is CCCC(C)(C(=O)OC(N)=O)N(C)C.CCCCCCCCCCCCCCCC[N+](C)(C)Cc1ccccc1. The van der Waals surface area contributed by atoms with Gasteiger partial charge in [0.25, 0.3) is 0 Å². The van der Waals surface area contributed by atoms with Gasteiger partial charge in [0.05, 0.1) is 20.6 Å². The average molecular weight is 563 g/mol. The highest BCUT2D eigenvalue weighted by atomic mass is 16.6. The zero-order chi connectivity index (χ0) is 30.3. The van der Waals surface area contributed by atoms with Crippen molar-refractivity contribution in [3.63, 3.8) is 0 Å². The van der Waals surface area contributed by atoms with E-state index in [-0.39, 0.29) is 0 Å². The van der Waals surface area contributed by atoms with E-state index < -0.39 is 17.6 Å². The van der Waals surface area contributed by atoms with Gasteiger partial charge in [-0.15, -0.1) is 0 Å². The van der Waals surface area contributed by atoms with E-state index in [4.69, 9.17) is 5.73 Å². The minimum absolute atomic E-state index is 0.600. The summed E-state index contributed by atoms with van der Waals surface area (Å²) in [5, 5.41) is 0. The maximum Gasteiger partial charge on any atom is 0.412 e. The van der Waals surface area contributed by atoms with Crippen molar-refractivity contribution in [2.75, 3.05) is 34.7 Å². The zero-order valence-electron chi connectivity index (χ0n) is 27.3. The van der Waals surface area contributed by atoms with Crippen molar-refractivity contribution in [3.05, 3.63) is 35.9 Å². The first-order valence-corrected chi connectivity index (χ1v) is 16.0. The van der Waals surface area contributed by atoms with Crippen molar-refractivity contribution in [2.24, 2.45) is 5.73 Å². The lowest BCUT2D eigenvalue weighted by Crippen LogP contribution is -2.50. The molecule has 0 aliphatic carbocycles. The van der Waals surface area contributed by atoms with Crippen LogP contribution >= 0.6 is 0 Å². The molecule has 0 bridgehead atoms. The van der Waals surface area contributed by atoms with E-state index in [0.29, 0.717) is 6.42 Å². The van der Waals surface area contributed by atoms with Crippen LogP contribution in [0.5, 0.6) is 0 Å². The molecule has 232 valence electrons. The summed E-state index contributed by atoms with van der Waals surface area (Å²) in [6.45, 7) is 8.43. The molecule has 2 N–H and O–H groups in total. The Morgan fingerprint density at radius 1 is 0.775 bits per heavy atom. The number of esters is 1. The molecule has 1 amide bonds. The third-order valence-corrected chi connectivity index (χ3v) is 7.93. The minimum atomic E-state index is -1.06. The predicted molar refractivity (Wildman–Crippen MR) is 170 cm³/mol. The van der Waals surface area contributed by atoms with Gasteiger partial charge in [0, 0.05) is 5.56 Å². The Bertz CT molecular complexity index is 767. The molecule has 1 rings (SSSR count). The molecule has 0 heterocycles. The molecule has 0 aliphatic heterocycles. The standard InChI is InChI=1S/C25H46N.C9H18N2O3/c1-4-5-6-7-8-9-10-11-12-13-14-15-16-20-23-26(2,3)24-25-21-18-17-19-22-25;1-5-6-9(2,11(3)4)7(12)14-8(10)13/h17-19,21-22H,4-16,20,23-24H2,1-3H3;5-6H2,1-4H3,(H2,10,13)/q+1;.